The molecule has 0 saturated carbocycles. The minimum atomic E-state index is 0.701. The van der Waals surface area contributed by atoms with Crippen molar-refractivity contribution in [2.75, 3.05) is 27.2 Å². The molecule has 7 nitrogen and oxygen atoms in total. The summed E-state index contributed by atoms with van der Waals surface area (Å²) in [6, 6.07) is 17.1. The molecule has 0 aliphatic carbocycles. The van der Waals surface area contributed by atoms with Crippen LogP contribution in [0.3, 0.4) is 0 Å². The van der Waals surface area contributed by atoms with E-state index in [-0.39, 0.29) is 0 Å². The lowest BCUT2D eigenvalue weighted by atomic mass is 9.97. The molecule has 0 saturated heterocycles. The van der Waals surface area contributed by atoms with Crippen LogP contribution in [0.2, 0.25) is 0 Å². The first-order valence-electron chi connectivity index (χ1n) is 19.2. The average molecular weight is 710 g/mol. The summed E-state index contributed by atoms with van der Waals surface area (Å²) in [7, 11) is 3.75. The molecule has 0 fully saturated rings. The second kappa shape index (κ2) is 30.3. The number of aryl methyl sites for hydroxylation is 2. The second-order valence-electron chi connectivity index (χ2n) is 12.2. The Balaban J connectivity index is 0.00000160. The maximum absolute atomic E-state index is 4.99. The van der Waals surface area contributed by atoms with Gasteiger partial charge in [0.2, 0.25) is 0 Å². The molecule has 0 bridgehead atoms. The van der Waals surface area contributed by atoms with Crippen LogP contribution in [0.4, 0.5) is 5.69 Å². The van der Waals surface area contributed by atoms with Crippen LogP contribution in [0, 0.1) is 6.92 Å². The molecule has 4 rings (SSSR count). The molecule has 3 aromatic rings. The molecule has 2 aromatic carbocycles. The lowest BCUT2D eigenvalue weighted by Crippen LogP contribution is -2.27. The topological polar surface area (TPSA) is 89.5 Å². The molecule has 2 heterocycles. The van der Waals surface area contributed by atoms with Crippen molar-refractivity contribution < 1.29 is 0 Å². The summed E-state index contributed by atoms with van der Waals surface area (Å²) in [4.78, 5) is 18.0. The minimum Gasteiger partial charge on any atom is -0.391 e. The minimum absolute atomic E-state index is 0.701. The van der Waals surface area contributed by atoms with Crippen LogP contribution < -0.4 is 26.6 Å². The van der Waals surface area contributed by atoms with E-state index in [1.54, 1.807) is 6.20 Å². The SMILES string of the molecule is C=CNCCC.C=c1[nH]c(CNCCC)n/c1=C(/C=C\C)C1=NC=C(c2ccc(C)c(N=C(C)CCc3ccccc3)c2)C1.CC.CCC.CNC. The highest BCUT2D eigenvalue weighted by Gasteiger charge is 2.17. The maximum Gasteiger partial charge on any atom is 0.121 e. The second-order valence-corrected chi connectivity index (χ2v) is 12.2. The Morgan fingerprint density at radius 1 is 1.00 bits per heavy atom. The molecule has 0 spiro atoms. The quantitative estimate of drug-likeness (QED) is 0.0992. The van der Waals surface area contributed by atoms with Crippen molar-refractivity contribution in [3.63, 3.8) is 0 Å². The van der Waals surface area contributed by atoms with Gasteiger partial charge in [-0.15, -0.1) is 0 Å². The van der Waals surface area contributed by atoms with Gasteiger partial charge in [0, 0.05) is 30.5 Å². The van der Waals surface area contributed by atoms with Gasteiger partial charge in [-0.2, -0.15) is 0 Å². The number of aromatic nitrogens is 2. The molecule has 1 aliphatic heterocycles. The van der Waals surface area contributed by atoms with Crippen LogP contribution in [0.5, 0.6) is 0 Å². The van der Waals surface area contributed by atoms with Crippen molar-refractivity contribution in [3.8, 4) is 0 Å². The molecule has 0 atom stereocenters. The number of aliphatic imine (C=N–C) groups is 2. The zero-order valence-electron chi connectivity index (χ0n) is 34.5. The van der Waals surface area contributed by atoms with Crippen LogP contribution in [-0.4, -0.2) is 48.6 Å². The van der Waals surface area contributed by atoms with Gasteiger partial charge in [-0.3, -0.25) is 9.98 Å². The summed E-state index contributed by atoms with van der Waals surface area (Å²) in [6.07, 6.45) is 14.0. The van der Waals surface area contributed by atoms with Crippen molar-refractivity contribution in [1.29, 1.82) is 0 Å². The number of nitrogens with one attached hydrogen (secondary N) is 4. The van der Waals surface area contributed by atoms with Gasteiger partial charge in [-0.25, -0.2) is 4.98 Å². The summed E-state index contributed by atoms with van der Waals surface area (Å²) in [6.45, 7) is 29.2. The summed E-state index contributed by atoms with van der Waals surface area (Å²) in [5.74, 6) is 0.899. The zero-order valence-corrected chi connectivity index (χ0v) is 34.5. The average Bonchev–Trinajstić information content (AvgIpc) is 3.79. The van der Waals surface area contributed by atoms with Crippen molar-refractivity contribution >= 4 is 34.8 Å². The number of allylic oxidation sites excluding steroid dienone is 3. The maximum atomic E-state index is 4.99. The van der Waals surface area contributed by atoms with E-state index in [0.717, 1.165) is 83.5 Å². The largest absolute Gasteiger partial charge is 0.391 e. The summed E-state index contributed by atoms with van der Waals surface area (Å²) in [5, 5.41) is 10.8. The van der Waals surface area contributed by atoms with E-state index < -0.39 is 0 Å². The molecular formula is C45H71N7. The van der Waals surface area contributed by atoms with Crippen molar-refractivity contribution in [3.05, 3.63) is 113 Å². The Morgan fingerprint density at radius 2 is 1.65 bits per heavy atom. The first kappa shape index (κ1) is 47.7. The fourth-order valence-corrected chi connectivity index (χ4v) is 4.81. The number of aromatic amines is 1. The molecule has 52 heavy (non-hydrogen) atoms. The Kier molecular flexibility index (Phi) is 27.8. The van der Waals surface area contributed by atoms with Crippen LogP contribution >= 0.6 is 0 Å². The molecule has 7 heteroatoms. The smallest absolute Gasteiger partial charge is 0.121 e. The first-order valence-corrected chi connectivity index (χ1v) is 19.2. The van der Waals surface area contributed by atoms with Gasteiger partial charge in [0.05, 0.1) is 28.6 Å². The van der Waals surface area contributed by atoms with Gasteiger partial charge in [-0.1, -0.05) is 116 Å². The van der Waals surface area contributed by atoms with Gasteiger partial charge in [0.1, 0.15) is 5.82 Å². The van der Waals surface area contributed by atoms with Gasteiger partial charge in [-0.05, 0) is 102 Å². The number of H-pyrrole nitrogens is 1. The van der Waals surface area contributed by atoms with Crippen LogP contribution in [-0.2, 0) is 13.0 Å². The Bertz CT molecular complexity index is 1620. The lowest BCUT2D eigenvalue weighted by molar-refractivity contribution is 0.654. The third kappa shape index (κ3) is 18.8. The van der Waals surface area contributed by atoms with Gasteiger partial charge < -0.3 is 20.9 Å². The predicted molar refractivity (Wildman–Crippen MR) is 233 cm³/mol. The number of hydrogen-bond acceptors (Lipinski definition) is 6. The van der Waals surface area contributed by atoms with E-state index in [2.05, 4.69) is 130 Å². The Labute approximate surface area is 317 Å². The third-order valence-corrected chi connectivity index (χ3v) is 7.23. The summed E-state index contributed by atoms with van der Waals surface area (Å²) < 4.78 is 0. The number of imidazole rings is 1. The summed E-state index contributed by atoms with van der Waals surface area (Å²) in [5.41, 5.74) is 9.05. The van der Waals surface area contributed by atoms with Gasteiger partial charge in [0.15, 0.2) is 0 Å². The highest BCUT2D eigenvalue weighted by molar-refractivity contribution is 6.26. The zero-order chi connectivity index (χ0) is 39.1. The van der Waals surface area contributed by atoms with E-state index >= 15 is 0 Å². The van der Waals surface area contributed by atoms with Crippen molar-refractivity contribution in [2.45, 2.75) is 107 Å². The van der Waals surface area contributed by atoms with E-state index in [9.17, 15) is 0 Å². The van der Waals surface area contributed by atoms with E-state index in [1.165, 1.54) is 29.5 Å². The highest BCUT2D eigenvalue weighted by Crippen LogP contribution is 2.31. The number of benzene rings is 2. The van der Waals surface area contributed by atoms with Crippen LogP contribution in [0.25, 0.3) is 17.7 Å². The number of nitrogens with zero attached hydrogens (tertiary/aromatic N) is 3. The van der Waals surface area contributed by atoms with E-state index in [4.69, 9.17) is 15.0 Å². The van der Waals surface area contributed by atoms with Gasteiger partial charge >= 0.3 is 0 Å². The molecule has 0 radical (unpaired) electrons. The molecular weight excluding hydrogens is 639 g/mol. The fraction of sp³-hybridized carbons (Fsp3) is 0.444. The number of hydrogen-bond donors (Lipinski definition) is 4. The molecule has 0 amide bonds. The third-order valence-electron chi connectivity index (χ3n) is 7.23. The monoisotopic (exact) mass is 710 g/mol. The van der Waals surface area contributed by atoms with E-state index in [0.29, 0.717) is 6.54 Å². The first-order chi connectivity index (χ1) is 25.2. The van der Waals surface area contributed by atoms with Crippen LogP contribution in [0.15, 0.2) is 89.6 Å². The van der Waals surface area contributed by atoms with Gasteiger partial charge in [0.25, 0.3) is 0 Å². The molecule has 4 N–H and O–H groups in total. The molecule has 1 aliphatic rings. The molecule has 0 unspecified atom stereocenters. The van der Waals surface area contributed by atoms with Crippen LogP contribution in [0.1, 0.15) is 110 Å². The molecule has 286 valence electrons. The van der Waals surface area contributed by atoms with Crippen molar-refractivity contribution in [2.24, 2.45) is 9.98 Å². The Hall–Kier alpha value is -4.33. The standard InChI is InChI=1S/C33H39N5.C5H11N.C3H8.C2H7N.C2H6/c1-6-11-29(33-25(5)37-32(38-33)22-34-18-7-2)31-20-28(21-35-31)27-17-14-23(3)30(19-27)36-24(4)15-16-26-12-9-8-10-13-26;1-3-5-6-4-2;2*1-3-2;1-2/h6,8-14,17,19,21,34H,5,7,15-16,18,20,22H2,1-4H3,(H,37,38);4,6H,2-3,5H2,1H3;3H2,1-2H3;3H,1-2H3;1-2H3/b11-6-,33-29-,36-24?;;;;. The highest BCUT2D eigenvalue weighted by atomic mass is 15.0. The fourth-order valence-electron chi connectivity index (χ4n) is 4.81. The lowest BCUT2D eigenvalue weighted by Gasteiger charge is -2.09. The molecule has 1 aromatic heterocycles. The summed E-state index contributed by atoms with van der Waals surface area (Å²) >= 11 is 0. The van der Waals surface area contributed by atoms with E-state index in [1.807, 2.05) is 47.1 Å². The number of rotatable bonds is 14. The Morgan fingerprint density at radius 3 is 2.23 bits per heavy atom. The van der Waals surface area contributed by atoms with Crippen molar-refractivity contribution in [1.82, 2.24) is 25.9 Å². The normalized spacial score (nSPS) is 12.4. The predicted octanol–water partition coefficient (Wildman–Crippen LogP) is 9.37.